The van der Waals surface area contributed by atoms with Crippen LogP contribution in [0, 0.1) is 5.41 Å². The Morgan fingerprint density at radius 3 is 2.53 bits per heavy atom. The zero-order chi connectivity index (χ0) is 12.2. The SMILES string of the molecule is CCS(=O)(=O)CCN(C)CC1(C)CCNC1.Cl. The highest BCUT2D eigenvalue weighted by Gasteiger charge is 2.29. The maximum absolute atomic E-state index is 11.4. The van der Waals surface area contributed by atoms with Gasteiger partial charge in [-0.25, -0.2) is 8.42 Å². The van der Waals surface area contributed by atoms with Crippen LogP contribution in [0.3, 0.4) is 0 Å². The van der Waals surface area contributed by atoms with Gasteiger partial charge < -0.3 is 10.2 Å². The lowest BCUT2D eigenvalue weighted by atomic mass is 9.89. The van der Waals surface area contributed by atoms with Gasteiger partial charge in [0.2, 0.25) is 0 Å². The van der Waals surface area contributed by atoms with Crippen LogP contribution in [0.5, 0.6) is 0 Å². The minimum atomic E-state index is -2.83. The van der Waals surface area contributed by atoms with Crippen molar-refractivity contribution in [3.63, 3.8) is 0 Å². The Balaban J connectivity index is 0.00000256. The number of halogens is 1. The summed E-state index contributed by atoms with van der Waals surface area (Å²) < 4.78 is 22.8. The third-order valence-electron chi connectivity index (χ3n) is 3.33. The maximum Gasteiger partial charge on any atom is 0.151 e. The number of hydrogen-bond donors (Lipinski definition) is 1. The van der Waals surface area contributed by atoms with Crippen LogP contribution in [0.2, 0.25) is 0 Å². The average Bonchev–Trinajstić information content (AvgIpc) is 2.62. The van der Waals surface area contributed by atoms with E-state index in [9.17, 15) is 8.42 Å². The monoisotopic (exact) mass is 284 g/mol. The van der Waals surface area contributed by atoms with E-state index in [2.05, 4.69) is 17.1 Å². The first-order chi connectivity index (χ1) is 7.37. The molecule has 4 nitrogen and oxygen atoms in total. The lowest BCUT2D eigenvalue weighted by molar-refractivity contribution is 0.217. The number of sulfone groups is 1. The molecule has 0 aromatic heterocycles. The van der Waals surface area contributed by atoms with Gasteiger partial charge in [-0.15, -0.1) is 12.4 Å². The Morgan fingerprint density at radius 1 is 1.41 bits per heavy atom. The zero-order valence-corrected chi connectivity index (χ0v) is 12.7. The molecule has 1 fully saturated rings. The predicted octanol–water partition coefficient (Wildman–Crippen LogP) is 0.774. The molecule has 0 aromatic carbocycles. The molecule has 1 aliphatic rings. The van der Waals surface area contributed by atoms with Gasteiger partial charge >= 0.3 is 0 Å². The second-order valence-corrected chi connectivity index (χ2v) is 7.68. The summed E-state index contributed by atoms with van der Waals surface area (Å²) in [5.74, 6) is 0.531. The fraction of sp³-hybridized carbons (Fsp3) is 1.00. The van der Waals surface area contributed by atoms with Crippen LogP contribution in [-0.4, -0.2) is 58.1 Å². The van der Waals surface area contributed by atoms with Crippen LogP contribution in [0.15, 0.2) is 0 Å². The molecular weight excluding hydrogens is 260 g/mol. The van der Waals surface area contributed by atoms with Gasteiger partial charge in [0.15, 0.2) is 9.84 Å². The fourth-order valence-corrected chi connectivity index (χ4v) is 3.05. The van der Waals surface area contributed by atoms with Crippen LogP contribution < -0.4 is 5.32 Å². The average molecular weight is 285 g/mol. The van der Waals surface area contributed by atoms with Crippen LogP contribution in [-0.2, 0) is 9.84 Å². The van der Waals surface area contributed by atoms with Crippen molar-refractivity contribution in [2.24, 2.45) is 5.41 Å². The summed E-state index contributed by atoms with van der Waals surface area (Å²) in [5.41, 5.74) is 0.310. The minimum absolute atomic E-state index is 0. The van der Waals surface area contributed by atoms with Crippen LogP contribution >= 0.6 is 12.4 Å². The summed E-state index contributed by atoms with van der Waals surface area (Å²) in [6, 6.07) is 0. The molecule has 0 aliphatic carbocycles. The molecule has 1 unspecified atom stereocenters. The first kappa shape index (κ1) is 17.2. The normalized spacial score (nSPS) is 24.9. The lowest BCUT2D eigenvalue weighted by Crippen LogP contribution is -2.37. The predicted molar refractivity (Wildman–Crippen MR) is 74.7 cm³/mol. The molecule has 1 heterocycles. The molecule has 6 heteroatoms. The molecule has 1 atom stereocenters. The number of nitrogens with one attached hydrogen (secondary N) is 1. The van der Waals surface area contributed by atoms with E-state index in [-0.39, 0.29) is 23.9 Å². The minimum Gasteiger partial charge on any atom is -0.316 e. The highest BCUT2D eigenvalue weighted by atomic mass is 35.5. The van der Waals surface area contributed by atoms with Crippen LogP contribution in [0.25, 0.3) is 0 Å². The molecule has 1 rings (SSSR count). The van der Waals surface area contributed by atoms with Crippen molar-refractivity contribution in [1.29, 1.82) is 0 Å². The molecule has 0 radical (unpaired) electrons. The second kappa shape index (κ2) is 6.92. The largest absolute Gasteiger partial charge is 0.316 e. The molecule has 1 N–H and O–H groups in total. The van der Waals surface area contributed by atoms with E-state index in [1.54, 1.807) is 6.92 Å². The summed E-state index contributed by atoms with van der Waals surface area (Å²) >= 11 is 0. The first-order valence-electron chi connectivity index (χ1n) is 5.97. The summed E-state index contributed by atoms with van der Waals surface area (Å²) in [6.07, 6.45) is 1.18. The van der Waals surface area contributed by atoms with Gasteiger partial charge in [-0.3, -0.25) is 0 Å². The summed E-state index contributed by atoms with van der Waals surface area (Å²) in [7, 11) is -0.817. The third-order valence-corrected chi connectivity index (χ3v) is 5.02. The molecular formula is C11H25ClN2O2S. The van der Waals surface area contributed by atoms with Crippen molar-refractivity contribution in [3.05, 3.63) is 0 Å². The van der Waals surface area contributed by atoms with Crippen molar-refractivity contribution in [2.45, 2.75) is 20.3 Å². The Labute approximate surface area is 111 Å². The van der Waals surface area contributed by atoms with E-state index >= 15 is 0 Å². The highest BCUT2D eigenvalue weighted by Crippen LogP contribution is 2.24. The van der Waals surface area contributed by atoms with Crippen molar-refractivity contribution in [3.8, 4) is 0 Å². The van der Waals surface area contributed by atoms with E-state index in [0.717, 1.165) is 19.6 Å². The van der Waals surface area contributed by atoms with E-state index in [1.165, 1.54) is 6.42 Å². The van der Waals surface area contributed by atoms with E-state index in [4.69, 9.17) is 0 Å². The smallest absolute Gasteiger partial charge is 0.151 e. The molecule has 17 heavy (non-hydrogen) atoms. The molecule has 0 aromatic rings. The number of rotatable bonds is 6. The van der Waals surface area contributed by atoms with Crippen molar-refractivity contribution in [2.75, 3.05) is 44.7 Å². The Kier molecular flexibility index (Phi) is 6.99. The van der Waals surface area contributed by atoms with Crippen molar-refractivity contribution in [1.82, 2.24) is 10.2 Å². The topological polar surface area (TPSA) is 49.4 Å². The van der Waals surface area contributed by atoms with E-state index < -0.39 is 9.84 Å². The van der Waals surface area contributed by atoms with E-state index in [0.29, 0.717) is 12.0 Å². The highest BCUT2D eigenvalue weighted by molar-refractivity contribution is 7.91. The maximum atomic E-state index is 11.4. The molecule has 0 amide bonds. The van der Waals surface area contributed by atoms with Crippen molar-refractivity contribution < 1.29 is 8.42 Å². The standard InChI is InChI=1S/C11H24N2O2S.ClH/c1-4-16(14,15)8-7-13(3)10-11(2)5-6-12-9-11;/h12H,4-10H2,1-3H3;1H. The molecule has 0 bridgehead atoms. The Hall–Kier alpha value is 0.160. The van der Waals surface area contributed by atoms with Gasteiger partial charge in [-0.2, -0.15) is 0 Å². The molecule has 1 saturated heterocycles. The fourth-order valence-electron chi connectivity index (χ4n) is 2.17. The van der Waals surface area contributed by atoms with Gasteiger partial charge in [0, 0.05) is 25.4 Å². The van der Waals surface area contributed by atoms with Gasteiger partial charge in [-0.05, 0) is 25.4 Å². The molecule has 0 spiro atoms. The number of nitrogens with zero attached hydrogens (tertiary/aromatic N) is 1. The third kappa shape index (κ3) is 6.04. The zero-order valence-electron chi connectivity index (χ0n) is 11.0. The summed E-state index contributed by atoms with van der Waals surface area (Å²) in [6.45, 7) is 7.70. The van der Waals surface area contributed by atoms with Gasteiger partial charge in [0.1, 0.15) is 0 Å². The van der Waals surface area contributed by atoms with Crippen LogP contribution in [0.1, 0.15) is 20.3 Å². The van der Waals surface area contributed by atoms with E-state index in [1.807, 2.05) is 7.05 Å². The quantitative estimate of drug-likeness (QED) is 0.783. The molecule has 1 aliphatic heterocycles. The van der Waals surface area contributed by atoms with Gasteiger partial charge in [0.25, 0.3) is 0 Å². The Bertz CT molecular complexity index is 313. The van der Waals surface area contributed by atoms with Gasteiger partial charge in [0.05, 0.1) is 5.75 Å². The lowest BCUT2D eigenvalue weighted by Gasteiger charge is -2.29. The second-order valence-electron chi connectivity index (χ2n) is 5.21. The number of hydrogen-bond acceptors (Lipinski definition) is 4. The van der Waals surface area contributed by atoms with Crippen LogP contribution in [0.4, 0.5) is 0 Å². The van der Waals surface area contributed by atoms with Crippen molar-refractivity contribution >= 4 is 22.2 Å². The summed E-state index contributed by atoms with van der Waals surface area (Å²) in [4.78, 5) is 2.14. The first-order valence-corrected chi connectivity index (χ1v) is 7.79. The van der Waals surface area contributed by atoms with Gasteiger partial charge in [-0.1, -0.05) is 13.8 Å². The molecule has 104 valence electrons. The molecule has 0 saturated carbocycles. The Morgan fingerprint density at radius 2 is 2.06 bits per heavy atom. The summed E-state index contributed by atoms with van der Waals surface area (Å²) in [5, 5.41) is 3.36.